The highest BCUT2D eigenvalue weighted by Gasteiger charge is 2.28. The lowest BCUT2D eigenvalue weighted by Gasteiger charge is -2.32. The summed E-state index contributed by atoms with van der Waals surface area (Å²) in [5.41, 5.74) is 0.362. The molecule has 1 saturated carbocycles. The summed E-state index contributed by atoms with van der Waals surface area (Å²) in [6.07, 6.45) is 10.1. The van der Waals surface area contributed by atoms with Gasteiger partial charge in [0.15, 0.2) is 0 Å². The molecule has 1 aromatic rings. The van der Waals surface area contributed by atoms with E-state index in [1.54, 1.807) is 18.0 Å². The Morgan fingerprint density at radius 3 is 2.26 bits per heavy atom. The minimum absolute atomic E-state index is 0.0367. The summed E-state index contributed by atoms with van der Waals surface area (Å²) >= 11 is 6.28. The van der Waals surface area contributed by atoms with Gasteiger partial charge in [-0.25, -0.2) is 8.42 Å². The number of hydrogen-bond donors (Lipinski definition) is 0. The van der Waals surface area contributed by atoms with Crippen LogP contribution in [0.15, 0.2) is 23.1 Å². The summed E-state index contributed by atoms with van der Waals surface area (Å²) in [6.45, 7) is 2.41. The van der Waals surface area contributed by atoms with Crippen molar-refractivity contribution < 1.29 is 13.2 Å². The number of rotatable bonds is 7. The lowest BCUT2D eigenvalue weighted by atomic mass is 9.94. The molecule has 1 aliphatic carbocycles. The maximum atomic E-state index is 13.2. The topological polar surface area (TPSA) is 60.9 Å². The molecule has 1 heterocycles. The molecule has 1 saturated heterocycles. The highest BCUT2D eigenvalue weighted by Crippen LogP contribution is 2.28. The monoisotopic (exact) mass is 469 g/mol. The van der Waals surface area contributed by atoms with Gasteiger partial charge >= 0.3 is 0 Å². The van der Waals surface area contributed by atoms with Crippen LogP contribution in [0.1, 0.15) is 68.1 Å². The second-order valence-corrected chi connectivity index (χ2v) is 11.3. The van der Waals surface area contributed by atoms with E-state index in [2.05, 4.69) is 11.9 Å². The average molecular weight is 470 g/mol. The van der Waals surface area contributed by atoms with Gasteiger partial charge in [0.1, 0.15) is 4.90 Å². The van der Waals surface area contributed by atoms with Crippen LogP contribution in [-0.2, 0) is 10.0 Å². The molecule has 6 nitrogen and oxygen atoms in total. The van der Waals surface area contributed by atoms with Crippen LogP contribution in [0.5, 0.6) is 0 Å². The Morgan fingerprint density at radius 1 is 1.00 bits per heavy atom. The number of sulfonamides is 1. The predicted molar refractivity (Wildman–Crippen MR) is 125 cm³/mol. The van der Waals surface area contributed by atoms with Crippen LogP contribution in [0.2, 0.25) is 5.02 Å². The number of amides is 1. The number of nitrogens with zero attached hydrogens (tertiary/aromatic N) is 3. The predicted octanol–water partition coefficient (Wildman–Crippen LogP) is 4.24. The molecule has 2 fully saturated rings. The average Bonchev–Trinajstić information content (AvgIpc) is 3.08. The van der Waals surface area contributed by atoms with Gasteiger partial charge < -0.3 is 9.80 Å². The minimum Gasteiger partial charge on any atom is -0.340 e. The Balaban J connectivity index is 1.68. The number of likely N-dealkylation sites (N-methyl/N-ethyl adjacent to an activating group) is 2. The fraction of sp³-hybridized carbons (Fsp3) is 0.696. The zero-order valence-corrected chi connectivity index (χ0v) is 20.4. The Labute approximate surface area is 192 Å². The van der Waals surface area contributed by atoms with Crippen LogP contribution in [-0.4, -0.2) is 74.7 Å². The number of carbonyl (C=O) groups excluding carboxylic acids is 1. The number of hydrogen-bond acceptors (Lipinski definition) is 4. The summed E-state index contributed by atoms with van der Waals surface area (Å²) in [4.78, 5) is 17.1. The van der Waals surface area contributed by atoms with Crippen LogP contribution < -0.4 is 0 Å². The molecule has 0 aromatic heterocycles. The van der Waals surface area contributed by atoms with E-state index in [4.69, 9.17) is 11.6 Å². The molecular weight excluding hydrogens is 434 g/mol. The molecule has 3 rings (SSSR count). The summed E-state index contributed by atoms with van der Waals surface area (Å²) < 4.78 is 27.9. The zero-order valence-electron chi connectivity index (χ0n) is 18.9. The highest BCUT2D eigenvalue weighted by atomic mass is 35.5. The van der Waals surface area contributed by atoms with Gasteiger partial charge in [0, 0.05) is 44.8 Å². The van der Waals surface area contributed by atoms with Crippen LogP contribution in [0.4, 0.5) is 0 Å². The van der Waals surface area contributed by atoms with Crippen molar-refractivity contribution in [2.24, 2.45) is 0 Å². The Morgan fingerprint density at radius 2 is 1.61 bits per heavy atom. The van der Waals surface area contributed by atoms with Crippen molar-refractivity contribution in [3.05, 3.63) is 28.8 Å². The zero-order chi connectivity index (χ0) is 22.4. The lowest BCUT2D eigenvalue weighted by Crippen LogP contribution is -2.40. The number of halogens is 1. The van der Waals surface area contributed by atoms with E-state index >= 15 is 0 Å². The molecule has 1 aliphatic heterocycles. The summed E-state index contributed by atoms with van der Waals surface area (Å²) in [7, 11) is 0.184. The first-order chi connectivity index (χ1) is 14.8. The van der Waals surface area contributed by atoms with Crippen LogP contribution in [0.25, 0.3) is 0 Å². The SMILES string of the molecule is CN(CCN(C)C1CCCCC1)C(=O)c1ccc(Cl)c(S(=O)(=O)N2CCCCCC2)c1. The molecule has 0 N–H and O–H groups in total. The first-order valence-corrected chi connectivity index (χ1v) is 13.4. The smallest absolute Gasteiger partial charge is 0.253 e. The van der Waals surface area contributed by atoms with Gasteiger partial charge in [0.25, 0.3) is 5.91 Å². The molecule has 0 bridgehead atoms. The lowest BCUT2D eigenvalue weighted by molar-refractivity contribution is 0.0767. The second kappa shape index (κ2) is 11.1. The van der Waals surface area contributed by atoms with Gasteiger partial charge in [0.2, 0.25) is 10.0 Å². The molecule has 2 aliphatic rings. The van der Waals surface area contributed by atoms with Crippen LogP contribution in [0.3, 0.4) is 0 Å². The highest BCUT2D eigenvalue weighted by molar-refractivity contribution is 7.89. The van der Waals surface area contributed by atoms with E-state index in [-0.39, 0.29) is 15.8 Å². The third-order valence-electron chi connectivity index (χ3n) is 6.69. The van der Waals surface area contributed by atoms with Crippen molar-refractivity contribution in [1.82, 2.24) is 14.1 Å². The largest absolute Gasteiger partial charge is 0.340 e. The van der Waals surface area contributed by atoms with E-state index in [1.807, 2.05) is 0 Å². The Kier molecular flexibility index (Phi) is 8.79. The summed E-state index contributed by atoms with van der Waals surface area (Å²) in [6, 6.07) is 5.19. The van der Waals surface area contributed by atoms with Gasteiger partial charge in [0.05, 0.1) is 5.02 Å². The van der Waals surface area contributed by atoms with Gasteiger partial charge in [-0.15, -0.1) is 0 Å². The molecule has 0 spiro atoms. The summed E-state index contributed by atoms with van der Waals surface area (Å²) in [5.74, 6) is -0.180. The third-order valence-corrected chi connectivity index (χ3v) is 9.07. The van der Waals surface area contributed by atoms with E-state index in [9.17, 15) is 13.2 Å². The van der Waals surface area contributed by atoms with Gasteiger partial charge in [-0.2, -0.15) is 4.31 Å². The number of benzene rings is 1. The molecule has 1 aromatic carbocycles. The van der Waals surface area contributed by atoms with Gasteiger partial charge in [-0.05, 0) is 50.9 Å². The molecule has 1 amide bonds. The molecule has 0 radical (unpaired) electrons. The van der Waals surface area contributed by atoms with E-state index < -0.39 is 10.0 Å². The van der Waals surface area contributed by atoms with Crippen molar-refractivity contribution in [3.8, 4) is 0 Å². The molecule has 31 heavy (non-hydrogen) atoms. The molecule has 0 unspecified atom stereocenters. The third kappa shape index (κ3) is 6.21. The van der Waals surface area contributed by atoms with Crippen molar-refractivity contribution in [1.29, 1.82) is 0 Å². The van der Waals surface area contributed by atoms with Crippen molar-refractivity contribution in [2.45, 2.75) is 68.7 Å². The van der Waals surface area contributed by atoms with Crippen molar-refractivity contribution in [3.63, 3.8) is 0 Å². The quantitative estimate of drug-likeness (QED) is 0.599. The van der Waals surface area contributed by atoms with Gasteiger partial charge in [-0.1, -0.05) is 43.7 Å². The maximum absolute atomic E-state index is 13.2. The Bertz CT molecular complexity index is 848. The molecule has 174 valence electrons. The van der Waals surface area contributed by atoms with Crippen LogP contribution in [0, 0.1) is 0 Å². The molecule has 8 heteroatoms. The summed E-state index contributed by atoms with van der Waals surface area (Å²) in [5, 5.41) is 0.167. The van der Waals surface area contributed by atoms with Crippen molar-refractivity contribution >= 4 is 27.5 Å². The minimum atomic E-state index is -3.72. The number of carbonyl (C=O) groups is 1. The normalized spacial score (nSPS) is 19.4. The fourth-order valence-corrected chi connectivity index (χ4v) is 6.61. The molecular formula is C23H36ClN3O3S. The van der Waals surface area contributed by atoms with E-state index in [0.29, 0.717) is 31.2 Å². The van der Waals surface area contributed by atoms with E-state index in [0.717, 1.165) is 32.2 Å². The maximum Gasteiger partial charge on any atom is 0.253 e. The molecule has 0 atom stereocenters. The van der Waals surface area contributed by atoms with E-state index in [1.165, 1.54) is 48.5 Å². The standard InChI is InChI=1S/C23H36ClN3O3S/c1-25(20-10-6-5-7-11-20)16-17-26(2)23(28)19-12-13-21(24)22(18-19)31(29,30)27-14-8-3-4-9-15-27/h12-13,18,20H,3-11,14-17H2,1-2H3. The first-order valence-electron chi connectivity index (χ1n) is 11.6. The van der Waals surface area contributed by atoms with Crippen LogP contribution >= 0.6 is 11.6 Å². The first kappa shape index (κ1) is 24.5. The second-order valence-electron chi connectivity index (χ2n) is 8.96. The fourth-order valence-electron chi connectivity index (χ4n) is 4.59. The van der Waals surface area contributed by atoms with Crippen molar-refractivity contribution in [2.75, 3.05) is 40.3 Å². The Hall–Kier alpha value is -1.15. The van der Waals surface area contributed by atoms with Gasteiger partial charge in [-0.3, -0.25) is 4.79 Å².